The molecule has 9 nitrogen and oxygen atoms in total. The summed E-state index contributed by atoms with van der Waals surface area (Å²) in [6.07, 6.45) is 3.24. The molecule has 0 saturated carbocycles. The second-order valence-corrected chi connectivity index (χ2v) is 8.26. The highest BCUT2D eigenvalue weighted by molar-refractivity contribution is 6.23. The van der Waals surface area contributed by atoms with Gasteiger partial charge >= 0.3 is 0 Å². The topological polar surface area (TPSA) is 106 Å². The van der Waals surface area contributed by atoms with Crippen LogP contribution in [0.2, 0.25) is 0 Å². The number of benzene rings is 3. The molecule has 3 amide bonds. The summed E-state index contributed by atoms with van der Waals surface area (Å²) in [5.74, 6) is -0.852. The summed E-state index contributed by atoms with van der Waals surface area (Å²) in [5, 5.41) is 6.89. The maximum absolute atomic E-state index is 13.5. The first-order chi connectivity index (χ1) is 17.6. The number of ether oxygens (including phenoxy) is 1. The monoisotopic (exact) mass is 481 g/mol. The van der Waals surface area contributed by atoms with E-state index >= 15 is 0 Å². The van der Waals surface area contributed by atoms with Gasteiger partial charge in [0.15, 0.2) is 0 Å². The van der Waals surface area contributed by atoms with Crippen LogP contribution < -0.4 is 10.1 Å². The molecule has 0 aliphatic carbocycles. The van der Waals surface area contributed by atoms with E-state index in [-0.39, 0.29) is 6.42 Å². The van der Waals surface area contributed by atoms with Crippen LogP contribution >= 0.6 is 0 Å². The summed E-state index contributed by atoms with van der Waals surface area (Å²) < 4.78 is 7.43. The number of rotatable bonds is 9. The van der Waals surface area contributed by atoms with Gasteiger partial charge in [-0.1, -0.05) is 48.5 Å². The molecular formula is C27H23N5O4. The Labute approximate surface area is 207 Å². The number of hydrogen-bond acceptors (Lipinski definition) is 6. The van der Waals surface area contributed by atoms with Crippen molar-refractivity contribution in [1.29, 1.82) is 0 Å². The van der Waals surface area contributed by atoms with E-state index in [0.29, 0.717) is 35.7 Å². The van der Waals surface area contributed by atoms with Crippen molar-refractivity contribution in [3.63, 3.8) is 0 Å². The van der Waals surface area contributed by atoms with Gasteiger partial charge in [0.2, 0.25) is 5.91 Å². The molecule has 0 spiro atoms. The minimum absolute atomic E-state index is 0.187. The van der Waals surface area contributed by atoms with E-state index in [1.165, 1.54) is 6.33 Å². The zero-order valence-corrected chi connectivity index (χ0v) is 19.3. The summed E-state index contributed by atoms with van der Waals surface area (Å²) in [6.45, 7) is 0.891. The first-order valence-electron chi connectivity index (χ1n) is 11.5. The molecule has 9 heteroatoms. The first-order valence-corrected chi connectivity index (χ1v) is 11.5. The normalized spacial score (nSPS) is 13.4. The number of carbonyl (C=O) groups is 3. The molecular weight excluding hydrogens is 458 g/mol. The largest absolute Gasteiger partial charge is 0.492 e. The van der Waals surface area contributed by atoms with Gasteiger partial charge < -0.3 is 10.1 Å². The maximum Gasteiger partial charge on any atom is 0.262 e. The van der Waals surface area contributed by atoms with Gasteiger partial charge in [-0.05, 0) is 29.8 Å². The van der Waals surface area contributed by atoms with Crippen LogP contribution in [0.3, 0.4) is 0 Å². The third-order valence-corrected chi connectivity index (χ3v) is 5.87. The summed E-state index contributed by atoms with van der Waals surface area (Å²) >= 11 is 0. The summed E-state index contributed by atoms with van der Waals surface area (Å²) in [7, 11) is 0. The fourth-order valence-electron chi connectivity index (χ4n) is 4.12. The quantitative estimate of drug-likeness (QED) is 0.368. The van der Waals surface area contributed by atoms with Crippen molar-refractivity contribution >= 4 is 23.4 Å². The third kappa shape index (κ3) is 4.85. The Morgan fingerprint density at radius 2 is 1.64 bits per heavy atom. The van der Waals surface area contributed by atoms with Crippen molar-refractivity contribution in [2.24, 2.45) is 0 Å². The lowest BCUT2D eigenvalue weighted by atomic mass is 10.0. The molecule has 1 aromatic heterocycles. The van der Waals surface area contributed by atoms with Gasteiger partial charge in [0.05, 0.1) is 17.7 Å². The molecule has 5 rings (SSSR count). The van der Waals surface area contributed by atoms with E-state index < -0.39 is 23.8 Å². The zero-order chi connectivity index (χ0) is 24.9. The van der Waals surface area contributed by atoms with Crippen LogP contribution in [0.15, 0.2) is 91.5 Å². The van der Waals surface area contributed by atoms with Gasteiger partial charge in [0.1, 0.15) is 31.1 Å². The van der Waals surface area contributed by atoms with E-state index in [4.69, 9.17) is 4.74 Å². The predicted molar refractivity (Wildman–Crippen MR) is 131 cm³/mol. The highest BCUT2D eigenvalue weighted by Crippen LogP contribution is 2.27. The molecule has 0 bridgehead atoms. The fourth-order valence-corrected chi connectivity index (χ4v) is 4.12. The number of carbonyl (C=O) groups excluding carboxylic acids is 3. The van der Waals surface area contributed by atoms with E-state index in [1.54, 1.807) is 59.5 Å². The Morgan fingerprint density at radius 1 is 0.917 bits per heavy atom. The lowest BCUT2D eigenvalue weighted by Gasteiger charge is -2.25. The molecule has 0 radical (unpaired) electrons. The molecule has 1 aliphatic rings. The van der Waals surface area contributed by atoms with Crippen molar-refractivity contribution in [2.75, 3.05) is 11.9 Å². The number of aromatic nitrogens is 3. The van der Waals surface area contributed by atoms with Crippen molar-refractivity contribution in [1.82, 2.24) is 19.7 Å². The van der Waals surface area contributed by atoms with Crippen LogP contribution in [0.4, 0.5) is 5.69 Å². The number of imide groups is 1. The van der Waals surface area contributed by atoms with Gasteiger partial charge in [-0.3, -0.25) is 19.3 Å². The van der Waals surface area contributed by atoms with Gasteiger partial charge in [-0.2, -0.15) is 5.10 Å². The molecule has 36 heavy (non-hydrogen) atoms. The highest BCUT2D eigenvalue weighted by Gasteiger charge is 2.42. The lowest BCUT2D eigenvalue weighted by molar-refractivity contribution is -0.119. The highest BCUT2D eigenvalue weighted by atomic mass is 16.5. The van der Waals surface area contributed by atoms with Gasteiger partial charge in [-0.15, -0.1) is 0 Å². The molecule has 180 valence electrons. The summed E-state index contributed by atoms with van der Waals surface area (Å²) in [4.78, 5) is 44.8. The second-order valence-electron chi connectivity index (χ2n) is 8.26. The molecule has 1 N–H and O–H groups in total. The number of nitrogens with zero attached hydrogens (tertiary/aromatic N) is 4. The van der Waals surface area contributed by atoms with Crippen molar-refractivity contribution < 1.29 is 19.1 Å². The Bertz CT molecular complexity index is 1350. The minimum atomic E-state index is -1.03. The van der Waals surface area contributed by atoms with Gasteiger partial charge in [0.25, 0.3) is 11.8 Å². The Morgan fingerprint density at radius 3 is 2.33 bits per heavy atom. The fraction of sp³-hybridized carbons (Fsp3) is 0.148. The van der Waals surface area contributed by atoms with E-state index in [9.17, 15) is 14.4 Å². The summed E-state index contributed by atoms with van der Waals surface area (Å²) in [5.41, 5.74) is 1.93. The number of fused-ring (bicyclic) bond motifs is 1. The van der Waals surface area contributed by atoms with Gasteiger partial charge in [0, 0.05) is 18.2 Å². The second kappa shape index (κ2) is 10.2. The van der Waals surface area contributed by atoms with E-state index in [0.717, 1.165) is 10.5 Å². The van der Waals surface area contributed by atoms with E-state index in [2.05, 4.69) is 15.4 Å². The smallest absolute Gasteiger partial charge is 0.262 e. The molecule has 1 unspecified atom stereocenters. The van der Waals surface area contributed by atoms with Crippen molar-refractivity contribution in [3.8, 4) is 5.75 Å². The number of amides is 3. The molecule has 0 saturated heterocycles. The molecule has 1 aliphatic heterocycles. The van der Waals surface area contributed by atoms with Crippen LogP contribution in [0.25, 0.3) is 0 Å². The number of anilines is 1. The molecule has 3 aromatic carbocycles. The van der Waals surface area contributed by atoms with Crippen molar-refractivity contribution in [3.05, 3.63) is 108 Å². The number of nitrogens with one attached hydrogen (secondary N) is 1. The average Bonchev–Trinajstić information content (AvgIpc) is 3.50. The van der Waals surface area contributed by atoms with Crippen LogP contribution in [-0.4, -0.2) is 50.0 Å². The molecule has 4 aromatic rings. The third-order valence-electron chi connectivity index (χ3n) is 5.87. The Hall–Kier alpha value is -4.79. The van der Waals surface area contributed by atoms with Crippen LogP contribution in [0.5, 0.6) is 5.75 Å². The lowest BCUT2D eigenvalue weighted by Crippen LogP contribution is -2.48. The Balaban J connectivity index is 1.34. The minimum Gasteiger partial charge on any atom is -0.492 e. The summed E-state index contributed by atoms with van der Waals surface area (Å²) in [6, 6.07) is 21.8. The maximum atomic E-state index is 13.5. The van der Waals surface area contributed by atoms with Crippen LogP contribution in [0, 0.1) is 0 Å². The number of hydrogen-bond donors (Lipinski definition) is 1. The van der Waals surface area contributed by atoms with Gasteiger partial charge in [-0.25, -0.2) is 9.67 Å². The van der Waals surface area contributed by atoms with Crippen molar-refractivity contribution in [2.45, 2.75) is 19.0 Å². The first kappa shape index (κ1) is 23.0. The molecule has 2 heterocycles. The van der Waals surface area contributed by atoms with E-state index in [1.807, 2.05) is 30.3 Å². The molecule has 1 atom stereocenters. The molecule has 0 fully saturated rings. The zero-order valence-electron chi connectivity index (χ0n) is 19.3. The van der Waals surface area contributed by atoms with Crippen LogP contribution in [-0.2, 0) is 17.8 Å². The SMILES string of the molecule is O=C(Nc1cccc(OCCn2cncn2)c1)C(Cc1ccccc1)N1C(=O)c2ccccc2C1=O. The standard InChI is InChI=1S/C27H23N5O4/c33-25(30-20-9-6-10-21(16-20)36-14-13-31-18-28-17-29-31)24(15-19-7-2-1-3-8-19)32-26(34)22-11-4-5-12-23(22)27(32)35/h1-12,16-18,24H,13-15H2,(H,30,33). The Kier molecular flexibility index (Phi) is 6.53. The van der Waals surface area contributed by atoms with Crippen LogP contribution in [0.1, 0.15) is 26.3 Å². The predicted octanol–water partition coefficient (Wildman–Crippen LogP) is 3.20. The average molecular weight is 482 g/mol.